The van der Waals surface area contributed by atoms with E-state index in [1.54, 1.807) is 12.1 Å². The zero-order valence-corrected chi connectivity index (χ0v) is 13.4. The van der Waals surface area contributed by atoms with E-state index in [4.69, 9.17) is 0 Å². The van der Waals surface area contributed by atoms with Gasteiger partial charge in [0.1, 0.15) is 0 Å². The summed E-state index contributed by atoms with van der Waals surface area (Å²) >= 11 is 0. The van der Waals surface area contributed by atoms with Gasteiger partial charge in [0.25, 0.3) is 0 Å². The van der Waals surface area contributed by atoms with Crippen LogP contribution in [0.2, 0.25) is 0 Å². The molecule has 0 bridgehead atoms. The molecule has 0 heterocycles. The van der Waals surface area contributed by atoms with Gasteiger partial charge in [-0.05, 0) is 25.8 Å². The Hall–Kier alpha value is -1.04. The Kier molecular flexibility index (Phi) is 7.99. The number of benzene rings is 2. The fraction of sp³-hybridized carbons (Fsp3) is 0. The number of hydrogen-bond acceptors (Lipinski definition) is 6. The standard InChI is InChI=1S/2C6H7O3P.Si/c2*7-10(8,9)6-4-2-1-3-5-6;/h2*1-5H,(H2,7,8,9);/q;;+4/p-4. The Morgan fingerprint density at radius 2 is 0.810 bits per heavy atom. The van der Waals surface area contributed by atoms with E-state index >= 15 is 0 Å². The maximum atomic E-state index is 10.3. The zero-order valence-electron chi connectivity index (χ0n) is 10.6. The van der Waals surface area contributed by atoms with E-state index < -0.39 is 15.2 Å². The second-order valence-corrected chi connectivity index (χ2v) is 6.69. The molecule has 0 aliphatic heterocycles. The van der Waals surface area contributed by atoms with E-state index in [1.165, 1.54) is 48.5 Å². The molecule has 2 aromatic carbocycles. The van der Waals surface area contributed by atoms with Crippen molar-refractivity contribution >= 4 is 36.8 Å². The molecule has 0 amide bonds. The molecule has 9 heteroatoms. The molecule has 2 aromatic rings. The Morgan fingerprint density at radius 1 is 0.571 bits per heavy atom. The van der Waals surface area contributed by atoms with Gasteiger partial charge in [0.2, 0.25) is 0 Å². The van der Waals surface area contributed by atoms with Gasteiger partial charge in [-0.25, -0.2) is 0 Å². The van der Waals surface area contributed by atoms with E-state index in [2.05, 4.69) is 0 Å². The normalized spacial score (nSPS) is 10.9. The van der Waals surface area contributed by atoms with E-state index in [0.29, 0.717) is 0 Å². The van der Waals surface area contributed by atoms with E-state index in [0.717, 1.165) is 0 Å². The first-order valence-corrected chi connectivity index (χ1v) is 8.45. The molecule has 0 N–H and O–H groups in total. The summed E-state index contributed by atoms with van der Waals surface area (Å²) in [7, 11) is -9.04. The van der Waals surface area contributed by atoms with Gasteiger partial charge in [0, 0.05) is 0 Å². The van der Waals surface area contributed by atoms with Crippen LogP contribution >= 0.6 is 15.2 Å². The van der Waals surface area contributed by atoms with Crippen LogP contribution in [-0.4, -0.2) is 11.0 Å². The van der Waals surface area contributed by atoms with Gasteiger partial charge in [0.05, 0.1) is 0 Å². The molecule has 0 unspecified atom stereocenters. The molecule has 0 saturated carbocycles. The summed E-state index contributed by atoms with van der Waals surface area (Å²) in [6.07, 6.45) is 0. The SMILES string of the molecule is O=P([O-])([O-])c1ccccc1.O=P([O-])([O-])c1ccccc1.[Si+4]. The summed E-state index contributed by atoms with van der Waals surface area (Å²) in [5.74, 6) is 0. The molecular weight excluding hydrogens is 330 g/mol. The van der Waals surface area contributed by atoms with Crippen LogP contribution in [0.4, 0.5) is 0 Å². The molecule has 108 valence electrons. The number of rotatable bonds is 2. The van der Waals surface area contributed by atoms with Gasteiger partial charge in [0.15, 0.2) is 0 Å². The molecule has 21 heavy (non-hydrogen) atoms. The summed E-state index contributed by atoms with van der Waals surface area (Å²) in [6, 6.07) is 14.5. The first-order chi connectivity index (χ1) is 9.21. The minimum Gasteiger partial charge on any atom is -0.807 e. The summed E-state index contributed by atoms with van der Waals surface area (Å²) < 4.78 is 20.6. The van der Waals surface area contributed by atoms with E-state index in [-0.39, 0.29) is 21.6 Å². The van der Waals surface area contributed by atoms with Crippen molar-refractivity contribution in [2.24, 2.45) is 0 Å². The van der Waals surface area contributed by atoms with Crippen LogP contribution in [0.25, 0.3) is 0 Å². The van der Waals surface area contributed by atoms with Crippen molar-refractivity contribution in [1.29, 1.82) is 0 Å². The Morgan fingerprint density at radius 3 is 0.952 bits per heavy atom. The second kappa shape index (κ2) is 8.41. The first-order valence-electron chi connectivity index (χ1n) is 5.36. The van der Waals surface area contributed by atoms with Crippen LogP contribution in [0.15, 0.2) is 60.7 Å². The second-order valence-electron chi connectivity index (χ2n) is 3.67. The molecule has 0 radical (unpaired) electrons. The Labute approximate surface area is 126 Å². The largest absolute Gasteiger partial charge is 4.00 e. The fourth-order valence-corrected chi connectivity index (χ4v) is 2.30. The van der Waals surface area contributed by atoms with Crippen LogP contribution in [0, 0.1) is 0 Å². The third-order valence-electron chi connectivity index (χ3n) is 2.14. The smallest absolute Gasteiger partial charge is 0.807 e. The maximum absolute atomic E-state index is 10.3. The van der Waals surface area contributed by atoms with Crippen LogP contribution < -0.4 is 30.2 Å². The van der Waals surface area contributed by atoms with Gasteiger partial charge in [-0.3, -0.25) is 0 Å². The van der Waals surface area contributed by atoms with Gasteiger partial charge >= 0.3 is 11.0 Å². The van der Waals surface area contributed by atoms with E-state index in [1.807, 2.05) is 0 Å². The van der Waals surface area contributed by atoms with Crippen molar-refractivity contribution < 1.29 is 28.7 Å². The van der Waals surface area contributed by atoms with Crippen molar-refractivity contribution in [3.05, 3.63) is 60.7 Å². The Balaban J connectivity index is 0.000000364. The first kappa shape index (κ1) is 20.0. The molecule has 0 spiro atoms. The summed E-state index contributed by atoms with van der Waals surface area (Å²) in [5.41, 5.74) is 0. The van der Waals surface area contributed by atoms with Crippen LogP contribution in [0.1, 0.15) is 0 Å². The monoisotopic (exact) mass is 340 g/mol. The molecule has 0 aromatic heterocycles. The quantitative estimate of drug-likeness (QED) is 0.463. The van der Waals surface area contributed by atoms with Crippen LogP contribution in [0.5, 0.6) is 0 Å². The van der Waals surface area contributed by atoms with Crippen LogP contribution in [0.3, 0.4) is 0 Å². The molecule has 0 atom stereocenters. The maximum Gasteiger partial charge on any atom is 4.00 e. The van der Waals surface area contributed by atoms with Gasteiger partial charge in [-0.1, -0.05) is 60.7 Å². The molecule has 0 saturated heterocycles. The molecule has 0 aliphatic rings. The van der Waals surface area contributed by atoms with Crippen molar-refractivity contribution in [1.82, 2.24) is 0 Å². The fourth-order valence-electron chi connectivity index (χ4n) is 1.22. The van der Waals surface area contributed by atoms with Crippen molar-refractivity contribution in [3.8, 4) is 0 Å². The number of hydrogen-bond donors (Lipinski definition) is 0. The third kappa shape index (κ3) is 7.50. The van der Waals surface area contributed by atoms with Crippen molar-refractivity contribution in [2.45, 2.75) is 0 Å². The Bertz CT molecular complexity index is 565. The van der Waals surface area contributed by atoms with Crippen molar-refractivity contribution in [2.75, 3.05) is 0 Å². The van der Waals surface area contributed by atoms with Gasteiger partial charge in [-0.15, -0.1) is 0 Å². The predicted molar refractivity (Wildman–Crippen MR) is 73.1 cm³/mol. The van der Waals surface area contributed by atoms with Crippen molar-refractivity contribution in [3.63, 3.8) is 0 Å². The minimum absolute atomic E-state index is 0. The topological polar surface area (TPSA) is 126 Å². The minimum atomic E-state index is -4.52. The predicted octanol–water partition coefficient (Wildman–Crippen LogP) is -1.93. The molecule has 0 aliphatic carbocycles. The average molecular weight is 340 g/mol. The molecule has 2 rings (SSSR count). The summed E-state index contributed by atoms with van der Waals surface area (Å²) in [5, 5.41) is -0.315. The summed E-state index contributed by atoms with van der Waals surface area (Å²) in [4.78, 5) is 41.2. The van der Waals surface area contributed by atoms with Crippen LogP contribution in [-0.2, 0) is 9.13 Å². The molecule has 6 nitrogen and oxygen atoms in total. The third-order valence-corrected chi connectivity index (χ3v) is 4.01. The van der Waals surface area contributed by atoms with Gasteiger partial charge < -0.3 is 28.7 Å². The average Bonchev–Trinajstić information content (AvgIpc) is 2.40. The summed E-state index contributed by atoms with van der Waals surface area (Å²) in [6.45, 7) is 0. The molecular formula is C12H10O6P2Si. The van der Waals surface area contributed by atoms with Gasteiger partial charge in [-0.2, -0.15) is 0 Å². The van der Waals surface area contributed by atoms with E-state index in [9.17, 15) is 28.7 Å². The molecule has 0 fully saturated rings. The zero-order chi connectivity index (χ0) is 15.2.